The second kappa shape index (κ2) is 48.2. The Bertz CT molecular complexity index is 1260. The van der Waals surface area contributed by atoms with E-state index in [4.69, 9.17) is 9.05 Å². The minimum Gasteiger partial charge on any atom is -0.387 e. The molecule has 0 aliphatic heterocycles. The van der Waals surface area contributed by atoms with Crippen molar-refractivity contribution >= 4 is 13.7 Å². The van der Waals surface area contributed by atoms with E-state index in [9.17, 15) is 19.4 Å². The molecule has 3 atom stereocenters. The molecular formula is C57H108N2O6P+. The first-order valence-corrected chi connectivity index (χ1v) is 29.2. The maximum atomic E-state index is 12.9. The number of nitrogens with zero attached hydrogens (tertiary/aromatic N) is 1. The van der Waals surface area contributed by atoms with Crippen LogP contribution in [0.2, 0.25) is 0 Å². The number of carbonyl (C=O) groups is 1. The monoisotopic (exact) mass is 948 g/mol. The van der Waals surface area contributed by atoms with Crippen LogP contribution in [0.5, 0.6) is 0 Å². The molecule has 0 aliphatic rings. The second-order valence-electron chi connectivity index (χ2n) is 19.9. The molecule has 3 unspecified atom stereocenters. The van der Waals surface area contributed by atoms with E-state index in [1.807, 2.05) is 27.2 Å². The summed E-state index contributed by atoms with van der Waals surface area (Å²) in [6.45, 7) is 4.68. The maximum absolute atomic E-state index is 12.9. The number of unbranched alkanes of at least 4 members (excludes halogenated alkanes) is 29. The van der Waals surface area contributed by atoms with Crippen LogP contribution >= 0.6 is 7.82 Å². The molecule has 0 aliphatic carbocycles. The molecule has 0 aromatic carbocycles. The van der Waals surface area contributed by atoms with E-state index in [1.54, 1.807) is 6.08 Å². The lowest BCUT2D eigenvalue weighted by Gasteiger charge is -2.25. The van der Waals surface area contributed by atoms with Crippen LogP contribution < -0.4 is 5.32 Å². The van der Waals surface area contributed by atoms with Crippen molar-refractivity contribution < 1.29 is 32.9 Å². The third kappa shape index (κ3) is 50.1. The second-order valence-corrected chi connectivity index (χ2v) is 21.4. The van der Waals surface area contributed by atoms with Crippen LogP contribution in [0.4, 0.5) is 0 Å². The van der Waals surface area contributed by atoms with Gasteiger partial charge in [-0.25, -0.2) is 4.57 Å². The number of quaternary nitrogens is 1. The van der Waals surface area contributed by atoms with Crippen LogP contribution in [0.15, 0.2) is 60.8 Å². The first kappa shape index (κ1) is 64.2. The third-order valence-corrected chi connectivity index (χ3v) is 13.2. The summed E-state index contributed by atoms with van der Waals surface area (Å²) in [6, 6.07) is -0.871. The van der Waals surface area contributed by atoms with Crippen LogP contribution in [-0.2, 0) is 18.4 Å². The lowest BCUT2D eigenvalue weighted by Crippen LogP contribution is -2.45. The van der Waals surface area contributed by atoms with Gasteiger partial charge in [-0.1, -0.05) is 242 Å². The van der Waals surface area contributed by atoms with Crippen molar-refractivity contribution in [3.8, 4) is 0 Å². The highest BCUT2D eigenvalue weighted by Crippen LogP contribution is 2.43. The van der Waals surface area contributed by atoms with Crippen LogP contribution in [0.3, 0.4) is 0 Å². The smallest absolute Gasteiger partial charge is 0.387 e. The summed E-state index contributed by atoms with van der Waals surface area (Å²) in [7, 11) is 1.54. The number of phosphoric acid groups is 1. The van der Waals surface area contributed by atoms with Gasteiger partial charge in [0.1, 0.15) is 13.2 Å². The number of nitrogens with one attached hydrogen (secondary N) is 1. The van der Waals surface area contributed by atoms with Crippen molar-refractivity contribution in [3.63, 3.8) is 0 Å². The maximum Gasteiger partial charge on any atom is 0.472 e. The fraction of sp³-hybridized carbons (Fsp3) is 0.807. The first-order chi connectivity index (χ1) is 32.0. The van der Waals surface area contributed by atoms with Crippen molar-refractivity contribution in [2.24, 2.45) is 0 Å². The van der Waals surface area contributed by atoms with Crippen LogP contribution in [0.25, 0.3) is 0 Å². The lowest BCUT2D eigenvalue weighted by atomic mass is 10.0. The van der Waals surface area contributed by atoms with E-state index in [1.165, 1.54) is 161 Å². The Kier molecular flexibility index (Phi) is 46.9. The molecule has 0 spiro atoms. The van der Waals surface area contributed by atoms with Gasteiger partial charge in [-0.3, -0.25) is 13.8 Å². The Morgan fingerprint density at radius 2 is 0.909 bits per heavy atom. The number of carbonyl (C=O) groups excluding carboxylic acids is 1. The fourth-order valence-electron chi connectivity index (χ4n) is 7.92. The summed E-state index contributed by atoms with van der Waals surface area (Å²) in [5.74, 6) is -0.217. The number of phosphoric ester groups is 1. The van der Waals surface area contributed by atoms with E-state index in [-0.39, 0.29) is 19.1 Å². The fourth-order valence-corrected chi connectivity index (χ4v) is 8.65. The van der Waals surface area contributed by atoms with Gasteiger partial charge in [0.2, 0.25) is 5.91 Å². The summed E-state index contributed by atoms with van der Waals surface area (Å²) in [6.07, 6.45) is 64.8. The van der Waals surface area contributed by atoms with Gasteiger partial charge in [0.15, 0.2) is 0 Å². The quantitative estimate of drug-likeness (QED) is 0.0243. The zero-order valence-electron chi connectivity index (χ0n) is 43.9. The highest BCUT2D eigenvalue weighted by Gasteiger charge is 2.27. The largest absolute Gasteiger partial charge is 0.472 e. The van der Waals surface area contributed by atoms with Crippen LogP contribution in [0.1, 0.15) is 245 Å². The van der Waals surface area contributed by atoms with Gasteiger partial charge in [-0.05, 0) is 57.8 Å². The average Bonchev–Trinajstić information content (AvgIpc) is 3.28. The van der Waals surface area contributed by atoms with Crippen molar-refractivity contribution in [2.45, 2.75) is 257 Å². The van der Waals surface area contributed by atoms with E-state index >= 15 is 0 Å². The number of hydrogen-bond acceptors (Lipinski definition) is 5. The Hall–Kier alpha value is -1.80. The first-order valence-electron chi connectivity index (χ1n) is 27.7. The van der Waals surface area contributed by atoms with Crippen LogP contribution in [0, 0.1) is 0 Å². The third-order valence-electron chi connectivity index (χ3n) is 12.2. The van der Waals surface area contributed by atoms with Crippen molar-refractivity contribution in [1.82, 2.24) is 5.32 Å². The molecule has 0 aromatic heterocycles. The average molecular weight is 948 g/mol. The molecule has 386 valence electrons. The normalized spacial score (nSPS) is 14.5. The highest BCUT2D eigenvalue weighted by atomic mass is 31.2. The van der Waals surface area contributed by atoms with E-state index in [2.05, 4.69) is 67.8 Å². The minimum atomic E-state index is -4.36. The van der Waals surface area contributed by atoms with Crippen molar-refractivity contribution in [3.05, 3.63) is 60.8 Å². The summed E-state index contributed by atoms with van der Waals surface area (Å²) in [5, 5.41) is 13.9. The topological polar surface area (TPSA) is 105 Å². The standard InChI is InChI=1S/C57H107N2O6P/c1-6-8-10-12-14-16-18-20-22-23-24-25-26-27-28-29-30-31-32-33-34-35-37-38-40-42-44-46-48-50-56(60)55(54-65-66(62,63)64-53-52-59(3,4)5)58-57(61)51-49-47-45-43-41-39-36-21-19-17-15-13-11-9-7-2/h9,11,15,17,21,36,41,43,48,50,55-56,60H,6-8,10,12-14,16,18-20,22-35,37-40,42,44-47,49,51-54H2,1-5H3,(H-,58,61,62,63)/p+1/b11-9-,17-15-,36-21-,43-41-,50-48+. The van der Waals surface area contributed by atoms with Crippen molar-refractivity contribution in [1.29, 1.82) is 0 Å². The SMILES string of the molecule is CC/C=C\C/C=C\C/C=C\C/C=C\CCCCC(=O)NC(COP(=O)(O)OCC[N+](C)(C)C)C(O)/C=C/CCCCCCCCCCCCCCCCCCCCCCCCCCCCC. The molecular weight excluding hydrogens is 840 g/mol. The molecule has 0 fully saturated rings. The van der Waals surface area contributed by atoms with E-state index < -0.39 is 20.0 Å². The molecule has 1 amide bonds. The molecule has 0 saturated carbocycles. The Balaban J connectivity index is 4.19. The molecule has 66 heavy (non-hydrogen) atoms. The van der Waals surface area contributed by atoms with E-state index in [0.29, 0.717) is 23.9 Å². The van der Waals surface area contributed by atoms with Gasteiger partial charge in [0.25, 0.3) is 0 Å². The summed E-state index contributed by atoms with van der Waals surface area (Å²) in [5.41, 5.74) is 0. The Labute approximate surface area is 409 Å². The van der Waals surface area contributed by atoms with E-state index in [0.717, 1.165) is 57.8 Å². The van der Waals surface area contributed by atoms with Gasteiger partial charge in [0.05, 0.1) is 39.9 Å². The molecule has 0 bridgehead atoms. The Morgan fingerprint density at radius 3 is 1.33 bits per heavy atom. The molecule has 0 aromatic rings. The molecule has 0 rings (SSSR count). The number of likely N-dealkylation sites (N-methyl/N-ethyl adjacent to an activating group) is 1. The molecule has 0 heterocycles. The Morgan fingerprint density at radius 1 is 0.530 bits per heavy atom. The van der Waals surface area contributed by atoms with Gasteiger partial charge in [0, 0.05) is 6.42 Å². The number of aliphatic hydroxyl groups excluding tert-OH is 1. The van der Waals surface area contributed by atoms with Crippen LogP contribution in [-0.4, -0.2) is 73.4 Å². The summed E-state index contributed by atoms with van der Waals surface area (Å²) in [4.78, 5) is 23.2. The lowest BCUT2D eigenvalue weighted by molar-refractivity contribution is -0.870. The van der Waals surface area contributed by atoms with Gasteiger partial charge in [-0.15, -0.1) is 0 Å². The number of rotatable bonds is 50. The molecule has 9 heteroatoms. The number of aliphatic hydroxyl groups is 1. The van der Waals surface area contributed by atoms with Gasteiger partial charge in [-0.2, -0.15) is 0 Å². The zero-order valence-corrected chi connectivity index (χ0v) is 44.8. The molecule has 3 N–H and O–H groups in total. The number of hydrogen-bond donors (Lipinski definition) is 3. The summed E-state index contributed by atoms with van der Waals surface area (Å²) < 4.78 is 23.6. The highest BCUT2D eigenvalue weighted by molar-refractivity contribution is 7.47. The zero-order chi connectivity index (χ0) is 48.5. The van der Waals surface area contributed by atoms with Gasteiger partial charge >= 0.3 is 7.82 Å². The predicted octanol–water partition coefficient (Wildman–Crippen LogP) is 16.5. The van der Waals surface area contributed by atoms with Crippen molar-refractivity contribution in [2.75, 3.05) is 40.9 Å². The van der Waals surface area contributed by atoms with Gasteiger partial charge < -0.3 is 19.8 Å². The molecule has 8 nitrogen and oxygen atoms in total. The summed E-state index contributed by atoms with van der Waals surface area (Å²) >= 11 is 0. The molecule has 0 radical (unpaired) electrons. The number of amides is 1. The minimum absolute atomic E-state index is 0.0513. The predicted molar refractivity (Wildman–Crippen MR) is 286 cm³/mol. The number of allylic oxidation sites excluding steroid dienone is 9. The molecule has 0 saturated heterocycles.